The van der Waals surface area contributed by atoms with Crippen LogP contribution in [0.4, 0.5) is 10.2 Å². The van der Waals surface area contributed by atoms with Gasteiger partial charge in [-0.3, -0.25) is 0 Å². The topological polar surface area (TPSA) is 34.2 Å². The summed E-state index contributed by atoms with van der Waals surface area (Å²) in [6.07, 6.45) is 3.62. The van der Waals surface area contributed by atoms with E-state index in [9.17, 15) is 4.39 Å². The fraction of sp³-hybridized carbons (Fsp3) is 0.545. The molecule has 3 nitrogen and oxygen atoms in total. The average Bonchev–Trinajstić information content (AvgIpc) is 2.29. The normalized spacial score (nSPS) is 20.8. The van der Waals surface area contributed by atoms with Crippen LogP contribution >= 0.6 is 11.6 Å². The molecule has 2 rings (SSSR count). The molecule has 0 amide bonds. The molecule has 1 fully saturated rings. The minimum Gasteiger partial charge on any atom is -0.381 e. The first-order chi connectivity index (χ1) is 7.75. The Kier molecular flexibility index (Phi) is 3.96. The number of nitrogens with zero attached hydrogens (tertiary/aromatic N) is 1. The molecule has 0 spiro atoms. The molecule has 1 aliphatic heterocycles. The first-order valence-corrected chi connectivity index (χ1v) is 5.76. The fourth-order valence-corrected chi connectivity index (χ4v) is 1.90. The van der Waals surface area contributed by atoms with E-state index in [1.54, 1.807) is 0 Å². The van der Waals surface area contributed by atoms with Gasteiger partial charge in [0.1, 0.15) is 0 Å². The second-order valence-corrected chi connectivity index (χ2v) is 4.38. The lowest BCUT2D eigenvalue weighted by Crippen LogP contribution is -2.24. The van der Waals surface area contributed by atoms with Gasteiger partial charge in [0.25, 0.3) is 0 Å². The van der Waals surface area contributed by atoms with Crippen molar-refractivity contribution in [2.45, 2.75) is 12.8 Å². The van der Waals surface area contributed by atoms with Gasteiger partial charge >= 0.3 is 0 Å². The maximum absolute atomic E-state index is 13.4. The van der Waals surface area contributed by atoms with Gasteiger partial charge in [-0.2, -0.15) is 0 Å². The third-order valence-electron chi connectivity index (χ3n) is 2.62. The summed E-state index contributed by atoms with van der Waals surface area (Å²) in [6.45, 7) is 2.26. The molecule has 1 aromatic heterocycles. The van der Waals surface area contributed by atoms with Gasteiger partial charge in [-0.1, -0.05) is 11.6 Å². The lowest BCUT2D eigenvalue weighted by atomic mass is 10.0. The van der Waals surface area contributed by atoms with Gasteiger partial charge in [-0.15, -0.1) is 0 Å². The van der Waals surface area contributed by atoms with Crippen molar-refractivity contribution < 1.29 is 9.13 Å². The van der Waals surface area contributed by atoms with Gasteiger partial charge in [0.05, 0.1) is 11.6 Å². The van der Waals surface area contributed by atoms with Gasteiger partial charge in [0.15, 0.2) is 11.6 Å². The van der Waals surface area contributed by atoms with Crippen LogP contribution in [0, 0.1) is 11.7 Å². The van der Waals surface area contributed by atoms with E-state index >= 15 is 0 Å². The molecule has 0 saturated carbocycles. The minimum atomic E-state index is -0.413. The number of halogens is 2. The van der Waals surface area contributed by atoms with Crippen LogP contribution in [0.15, 0.2) is 12.3 Å². The van der Waals surface area contributed by atoms with Gasteiger partial charge in [-0.05, 0) is 24.8 Å². The summed E-state index contributed by atoms with van der Waals surface area (Å²) in [5.41, 5.74) is 0. The Balaban J connectivity index is 1.88. The molecule has 5 heteroatoms. The third-order valence-corrected chi connectivity index (χ3v) is 2.83. The Labute approximate surface area is 99.0 Å². The zero-order chi connectivity index (χ0) is 11.4. The van der Waals surface area contributed by atoms with Crippen LogP contribution in [0.2, 0.25) is 5.02 Å². The number of anilines is 1. The van der Waals surface area contributed by atoms with Crippen LogP contribution in [-0.4, -0.2) is 24.7 Å². The van der Waals surface area contributed by atoms with Crippen molar-refractivity contribution in [1.82, 2.24) is 4.98 Å². The van der Waals surface area contributed by atoms with E-state index in [0.29, 0.717) is 17.5 Å². The zero-order valence-electron chi connectivity index (χ0n) is 8.88. The van der Waals surface area contributed by atoms with Gasteiger partial charge in [0, 0.05) is 19.3 Å². The molecule has 1 aliphatic rings. The first kappa shape index (κ1) is 11.6. The number of hydrogen-bond acceptors (Lipinski definition) is 3. The van der Waals surface area contributed by atoms with Crippen LogP contribution in [0.3, 0.4) is 0 Å². The highest BCUT2D eigenvalue weighted by Crippen LogP contribution is 2.18. The van der Waals surface area contributed by atoms with Crippen molar-refractivity contribution in [3.8, 4) is 0 Å². The second-order valence-electron chi connectivity index (χ2n) is 3.95. The number of hydrogen-bond donors (Lipinski definition) is 1. The average molecular weight is 245 g/mol. The molecule has 1 aromatic rings. The third kappa shape index (κ3) is 3.06. The SMILES string of the molecule is Fc1cc(Cl)cnc1NCC1CCCOC1. The molecular formula is C11H14ClFN2O. The highest BCUT2D eigenvalue weighted by Gasteiger charge is 2.14. The first-order valence-electron chi connectivity index (χ1n) is 5.38. The highest BCUT2D eigenvalue weighted by molar-refractivity contribution is 6.30. The van der Waals surface area contributed by atoms with Crippen molar-refractivity contribution >= 4 is 17.4 Å². The Morgan fingerprint density at radius 1 is 1.62 bits per heavy atom. The van der Waals surface area contributed by atoms with Gasteiger partial charge < -0.3 is 10.1 Å². The van der Waals surface area contributed by atoms with E-state index in [2.05, 4.69) is 10.3 Å². The van der Waals surface area contributed by atoms with Crippen molar-refractivity contribution in [2.75, 3.05) is 25.1 Å². The largest absolute Gasteiger partial charge is 0.381 e. The van der Waals surface area contributed by atoms with Crippen molar-refractivity contribution in [3.63, 3.8) is 0 Å². The summed E-state index contributed by atoms with van der Waals surface area (Å²) in [5, 5.41) is 3.29. The smallest absolute Gasteiger partial charge is 0.166 e. The standard InChI is InChI=1S/C11H14ClFN2O/c12-9-4-10(13)11(15-6-9)14-5-8-2-1-3-16-7-8/h4,6,8H,1-3,5,7H2,(H,14,15). The van der Waals surface area contributed by atoms with Crippen LogP contribution in [-0.2, 0) is 4.74 Å². The van der Waals surface area contributed by atoms with Crippen LogP contribution in [0.25, 0.3) is 0 Å². The van der Waals surface area contributed by atoms with E-state index < -0.39 is 5.82 Å². The number of nitrogens with one attached hydrogen (secondary N) is 1. The molecule has 0 radical (unpaired) electrons. The predicted octanol–water partition coefficient (Wildman–Crippen LogP) is 2.71. The number of ether oxygens (including phenoxy) is 1. The summed E-state index contributed by atoms with van der Waals surface area (Å²) in [4.78, 5) is 3.90. The Hall–Kier alpha value is -0.870. The van der Waals surface area contributed by atoms with Crippen LogP contribution in [0.5, 0.6) is 0 Å². The van der Waals surface area contributed by atoms with Crippen LogP contribution in [0.1, 0.15) is 12.8 Å². The monoisotopic (exact) mass is 244 g/mol. The number of pyridine rings is 1. The lowest BCUT2D eigenvalue weighted by Gasteiger charge is -2.22. The van der Waals surface area contributed by atoms with E-state index in [1.165, 1.54) is 12.3 Å². The molecule has 1 unspecified atom stereocenters. The molecule has 88 valence electrons. The van der Waals surface area contributed by atoms with E-state index in [1.807, 2.05) is 0 Å². The van der Waals surface area contributed by atoms with E-state index in [4.69, 9.17) is 16.3 Å². The quantitative estimate of drug-likeness (QED) is 0.888. The van der Waals surface area contributed by atoms with E-state index in [-0.39, 0.29) is 5.82 Å². The molecule has 0 bridgehead atoms. The minimum absolute atomic E-state index is 0.259. The molecule has 1 N–H and O–H groups in total. The highest BCUT2D eigenvalue weighted by atomic mass is 35.5. The maximum atomic E-state index is 13.4. The zero-order valence-corrected chi connectivity index (χ0v) is 9.63. The maximum Gasteiger partial charge on any atom is 0.166 e. The molecule has 16 heavy (non-hydrogen) atoms. The van der Waals surface area contributed by atoms with Gasteiger partial charge in [0.2, 0.25) is 0 Å². The summed E-state index contributed by atoms with van der Waals surface area (Å²) in [6, 6.07) is 1.26. The van der Waals surface area contributed by atoms with Crippen molar-refractivity contribution in [1.29, 1.82) is 0 Å². The van der Waals surface area contributed by atoms with Crippen LogP contribution < -0.4 is 5.32 Å². The summed E-state index contributed by atoms with van der Waals surface area (Å²) >= 11 is 5.62. The van der Waals surface area contributed by atoms with Gasteiger partial charge in [-0.25, -0.2) is 9.37 Å². The predicted molar refractivity (Wildman–Crippen MR) is 61.2 cm³/mol. The summed E-state index contributed by atoms with van der Waals surface area (Å²) in [5.74, 6) is 0.282. The number of rotatable bonds is 3. The molecule has 2 heterocycles. The number of aromatic nitrogens is 1. The molecular weight excluding hydrogens is 231 g/mol. The molecule has 1 saturated heterocycles. The fourth-order valence-electron chi connectivity index (χ4n) is 1.75. The summed E-state index contributed by atoms with van der Waals surface area (Å²) < 4.78 is 18.7. The Morgan fingerprint density at radius 2 is 2.50 bits per heavy atom. The molecule has 1 atom stereocenters. The van der Waals surface area contributed by atoms with Crippen molar-refractivity contribution in [3.05, 3.63) is 23.1 Å². The van der Waals surface area contributed by atoms with Crippen molar-refractivity contribution in [2.24, 2.45) is 5.92 Å². The van der Waals surface area contributed by atoms with E-state index in [0.717, 1.165) is 26.1 Å². The lowest BCUT2D eigenvalue weighted by molar-refractivity contribution is 0.0594. The second kappa shape index (κ2) is 5.46. The Morgan fingerprint density at radius 3 is 3.19 bits per heavy atom. The molecule has 0 aromatic carbocycles. The Bertz CT molecular complexity index is 356. The molecule has 0 aliphatic carbocycles. The summed E-state index contributed by atoms with van der Waals surface area (Å²) in [7, 11) is 0.